The van der Waals surface area contributed by atoms with Crippen molar-refractivity contribution in [2.75, 3.05) is 6.54 Å². The lowest BCUT2D eigenvalue weighted by Gasteiger charge is -2.10. The van der Waals surface area contributed by atoms with Gasteiger partial charge >= 0.3 is 0 Å². The molecule has 3 aromatic rings. The lowest BCUT2D eigenvalue weighted by Crippen LogP contribution is -2.31. The molecule has 4 rings (SSSR count). The molecule has 4 nitrogen and oxygen atoms in total. The molecule has 0 fully saturated rings. The fourth-order valence-electron chi connectivity index (χ4n) is 2.62. The minimum absolute atomic E-state index is 0.00543. The highest BCUT2D eigenvalue weighted by Crippen LogP contribution is 2.27. The molecule has 4 heterocycles. The fraction of sp³-hybridized carbons (Fsp3) is 0.125. The van der Waals surface area contributed by atoms with E-state index in [1.54, 1.807) is 11.3 Å². The zero-order chi connectivity index (χ0) is 14.2. The predicted octanol–water partition coefficient (Wildman–Crippen LogP) is 3.09. The summed E-state index contributed by atoms with van der Waals surface area (Å²) in [6.45, 7) is 0.697. The summed E-state index contributed by atoms with van der Waals surface area (Å²) < 4.78 is 0. The molecule has 0 saturated carbocycles. The van der Waals surface area contributed by atoms with E-state index < -0.39 is 0 Å². The third-order valence-electron chi connectivity index (χ3n) is 3.69. The van der Waals surface area contributed by atoms with Crippen LogP contribution in [0.1, 0.15) is 16.1 Å². The van der Waals surface area contributed by atoms with Crippen molar-refractivity contribution in [2.45, 2.75) is 6.42 Å². The van der Waals surface area contributed by atoms with Gasteiger partial charge in [0.2, 0.25) is 0 Å². The number of thiophene rings is 1. The van der Waals surface area contributed by atoms with Crippen LogP contribution in [0.4, 0.5) is 0 Å². The molecule has 0 atom stereocenters. The smallest absolute Gasteiger partial charge is 0.253 e. The third kappa shape index (κ3) is 2.15. The second-order valence-electron chi connectivity index (χ2n) is 5.02. The maximum atomic E-state index is 11.8. The van der Waals surface area contributed by atoms with Crippen LogP contribution in [0.25, 0.3) is 22.5 Å². The van der Waals surface area contributed by atoms with E-state index in [2.05, 4.69) is 32.8 Å². The lowest BCUT2D eigenvalue weighted by atomic mass is 10.1. The Kier molecular flexibility index (Phi) is 2.86. The Morgan fingerprint density at radius 2 is 2.14 bits per heavy atom. The first kappa shape index (κ1) is 12.3. The number of carbonyl (C=O) groups is 1. The summed E-state index contributed by atoms with van der Waals surface area (Å²) in [5.41, 5.74) is 5.86. The van der Waals surface area contributed by atoms with Crippen LogP contribution in [0.5, 0.6) is 0 Å². The Balaban J connectivity index is 1.77. The maximum Gasteiger partial charge on any atom is 0.253 e. The highest BCUT2D eigenvalue weighted by molar-refractivity contribution is 7.08. The number of hydrogen-bond acceptors (Lipinski definition) is 3. The molecule has 0 radical (unpaired) electrons. The number of nitrogens with one attached hydrogen (secondary N) is 2. The molecule has 1 aliphatic rings. The summed E-state index contributed by atoms with van der Waals surface area (Å²) in [5.74, 6) is 0.00543. The van der Waals surface area contributed by atoms with Gasteiger partial charge in [-0.25, -0.2) is 0 Å². The Morgan fingerprint density at radius 1 is 1.19 bits per heavy atom. The molecule has 104 valence electrons. The summed E-state index contributed by atoms with van der Waals surface area (Å²) >= 11 is 1.66. The number of rotatable bonds is 2. The number of aromatic amines is 1. The quantitative estimate of drug-likeness (QED) is 0.763. The van der Waals surface area contributed by atoms with Gasteiger partial charge < -0.3 is 10.3 Å². The van der Waals surface area contributed by atoms with E-state index >= 15 is 0 Å². The van der Waals surface area contributed by atoms with E-state index in [-0.39, 0.29) is 5.91 Å². The van der Waals surface area contributed by atoms with E-state index in [1.165, 1.54) is 0 Å². The number of pyridine rings is 1. The van der Waals surface area contributed by atoms with Crippen molar-refractivity contribution in [3.05, 3.63) is 52.5 Å². The van der Waals surface area contributed by atoms with Crippen LogP contribution in [0.15, 0.2) is 41.2 Å². The van der Waals surface area contributed by atoms with Gasteiger partial charge in [-0.05, 0) is 29.6 Å². The number of aromatic nitrogens is 2. The van der Waals surface area contributed by atoms with Crippen LogP contribution in [-0.4, -0.2) is 22.4 Å². The third-order valence-corrected chi connectivity index (χ3v) is 4.38. The molecule has 0 aliphatic carbocycles. The molecule has 21 heavy (non-hydrogen) atoms. The van der Waals surface area contributed by atoms with Crippen LogP contribution in [-0.2, 0) is 6.42 Å². The van der Waals surface area contributed by atoms with Gasteiger partial charge in [-0.1, -0.05) is 0 Å². The van der Waals surface area contributed by atoms with Gasteiger partial charge in [0.05, 0.1) is 11.3 Å². The van der Waals surface area contributed by atoms with E-state index in [0.29, 0.717) is 6.54 Å². The molecule has 0 spiro atoms. The first-order valence-corrected chi connectivity index (χ1v) is 7.74. The van der Waals surface area contributed by atoms with Crippen molar-refractivity contribution in [3.8, 4) is 22.5 Å². The van der Waals surface area contributed by atoms with Gasteiger partial charge in [0.25, 0.3) is 5.91 Å². The van der Waals surface area contributed by atoms with Crippen LogP contribution in [0, 0.1) is 0 Å². The number of nitrogens with zero attached hydrogens (tertiary/aromatic N) is 1. The second-order valence-corrected chi connectivity index (χ2v) is 5.80. The average molecular weight is 295 g/mol. The van der Waals surface area contributed by atoms with Crippen molar-refractivity contribution in [1.82, 2.24) is 15.3 Å². The molecular formula is C16H13N3OS. The van der Waals surface area contributed by atoms with E-state index in [1.807, 2.05) is 23.7 Å². The Hall–Kier alpha value is -2.40. The number of carbonyl (C=O) groups excluding carboxylic acids is 1. The second kappa shape index (κ2) is 4.86. The Morgan fingerprint density at radius 3 is 2.95 bits per heavy atom. The first-order chi connectivity index (χ1) is 10.3. The van der Waals surface area contributed by atoms with Crippen LogP contribution >= 0.6 is 11.3 Å². The summed E-state index contributed by atoms with van der Waals surface area (Å²) in [4.78, 5) is 19.6. The lowest BCUT2D eigenvalue weighted by molar-refractivity contribution is 0.0946. The van der Waals surface area contributed by atoms with Gasteiger partial charge in [0, 0.05) is 47.1 Å². The summed E-state index contributed by atoms with van der Waals surface area (Å²) in [5, 5.41) is 6.99. The summed E-state index contributed by atoms with van der Waals surface area (Å²) in [6, 6.07) is 8.00. The molecule has 1 amide bonds. The maximum absolute atomic E-state index is 11.8. The average Bonchev–Trinajstić information content (AvgIpc) is 3.18. The van der Waals surface area contributed by atoms with Crippen molar-refractivity contribution >= 4 is 17.2 Å². The van der Waals surface area contributed by atoms with Crippen LogP contribution < -0.4 is 5.32 Å². The van der Waals surface area contributed by atoms with Crippen molar-refractivity contribution < 1.29 is 4.79 Å². The monoisotopic (exact) mass is 295 g/mol. The first-order valence-electron chi connectivity index (χ1n) is 6.80. The molecule has 3 aromatic heterocycles. The van der Waals surface area contributed by atoms with E-state index in [9.17, 15) is 4.79 Å². The largest absolute Gasteiger partial charge is 0.358 e. The van der Waals surface area contributed by atoms with E-state index in [0.717, 1.165) is 40.2 Å². The van der Waals surface area contributed by atoms with Gasteiger partial charge in [-0.3, -0.25) is 9.78 Å². The SMILES string of the molecule is O=C1NCCc2[nH]c(-c3ccnc(-c4ccsc4)c3)cc21. The molecular weight excluding hydrogens is 282 g/mol. The minimum Gasteiger partial charge on any atom is -0.358 e. The standard InChI is InChI=1S/C16H13N3OS/c20-16-12-8-15(19-13(12)2-5-18-16)10-1-4-17-14(7-10)11-3-6-21-9-11/h1,3-4,6-9,19H,2,5H2,(H,18,20). The zero-order valence-electron chi connectivity index (χ0n) is 11.2. The normalized spacial score (nSPS) is 13.8. The molecule has 0 unspecified atom stereocenters. The van der Waals surface area contributed by atoms with Gasteiger partial charge in [0.15, 0.2) is 0 Å². The van der Waals surface area contributed by atoms with Crippen LogP contribution in [0.3, 0.4) is 0 Å². The molecule has 2 N–H and O–H groups in total. The van der Waals surface area contributed by atoms with Crippen molar-refractivity contribution in [2.24, 2.45) is 0 Å². The highest BCUT2D eigenvalue weighted by atomic mass is 32.1. The number of fused-ring (bicyclic) bond motifs is 1. The Labute approximate surface area is 125 Å². The molecule has 1 aliphatic heterocycles. The fourth-order valence-corrected chi connectivity index (χ4v) is 3.26. The number of H-pyrrole nitrogens is 1. The van der Waals surface area contributed by atoms with Crippen molar-refractivity contribution in [3.63, 3.8) is 0 Å². The van der Waals surface area contributed by atoms with Crippen LogP contribution in [0.2, 0.25) is 0 Å². The number of amides is 1. The summed E-state index contributed by atoms with van der Waals surface area (Å²) in [6.07, 6.45) is 2.66. The van der Waals surface area contributed by atoms with Crippen molar-refractivity contribution in [1.29, 1.82) is 0 Å². The van der Waals surface area contributed by atoms with E-state index in [4.69, 9.17) is 0 Å². The zero-order valence-corrected chi connectivity index (χ0v) is 12.0. The van der Waals surface area contributed by atoms with Gasteiger partial charge in [-0.2, -0.15) is 11.3 Å². The molecule has 5 heteroatoms. The highest BCUT2D eigenvalue weighted by Gasteiger charge is 2.20. The number of hydrogen-bond donors (Lipinski definition) is 2. The predicted molar refractivity (Wildman–Crippen MR) is 83.4 cm³/mol. The molecule has 0 saturated heterocycles. The van der Waals surface area contributed by atoms with Gasteiger partial charge in [0.1, 0.15) is 0 Å². The topological polar surface area (TPSA) is 57.8 Å². The van der Waals surface area contributed by atoms with Gasteiger partial charge in [-0.15, -0.1) is 0 Å². The molecule has 0 aromatic carbocycles. The molecule has 0 bridgehead atoms. The summed E-state index contributed by atoms with van der Waals surface area (Å²) in [7, 11) is 0. The Bertz CT molecular complexity index is 805. The minimum atomic E-state index is 0.00543.